The zero-order valence-corrected chi connectivity index (χ0v) is 17.5. The summed E-state index contributed by atoms with van der Waals surface area (Å²) >= 11 is 0. The van der Waals surface area contributed by atoms with Gasteiger partial charge in [0.25, 0.3) is 0 Å². The maximum atomic E-state index is 10.2. The number of hydrogen-bond acceptors (Lipinski definition) is 5. The van der Waals surface area contributed by atoms with Crippen molar-refractivity contribution in [3.63, 3.8) is 0 Å². The van der Waals surface area contributed by atoms with E-state index in [9.17, 15) is 20.4 Å². The van der Waals surface area contributed by atoms with Gasteiger partial charge < -0.3 is 25.7 Å². The van der Waals surface area contributed by atoms with Crippen molar-refractivity contribution in [3.05, 3.63) is 65.7 Å². The molecule has 0 amide bonds. The number of allylic oxidation sites excluding steroid dienone is 2. The summed E-state index contributed by atoms with van der Waals surface area (Å²) in [4.78, 5) is 0. The van der Waals surface area contributed by atoms with Crippen LogP contribution in [0, 0.1) is 0 Å². The lowest BCUT2D eigenvalue weighted by Gasteiger charge is -2.18. The molecular formula is C22H37NO4. The lowest BCUT2D eigenvalue weighted by Crippen LogP contribution is -2.35. The summed E-state index contributed by atoms with van der Waals surface area (Å²) in [6.07, 6.45) is 2.56. The third-order valence-corrected chi connectivity index (χ3v) is 3.23. The average Bonchev–Trinajstić information content (AvgIpc) is 2.63. The second kappa shape index (κ2) is 16.0. The third-order valence-electron chi connectivity index (χ3n) is 3.23. The molecule has 1 aromatic rings. The Bertz CT molecular complexity index is 572. The van der Waals surface area contributed by atoms with Crippen molar-refractivity contribution in [2.24, 2.45) is 0 Å². The predicted octanol–water partition coefficient (Wildman–Crippen LogP) is 4.79. The summed E-state index contributed by atoms with van der Waals surface area (Å²) in [5.74, 6) is 0.0809. The number of benzene rings is 1. The normalized spacial score (nSPS) is 13.4. The standard InChI is InChI=1S/C18H25NO4.2C2H6/c1-12(8-15-4-6-17(22)7-5-15)19-11-18(23)16(9-13(2)20)10-14(3)21;2*1-2/h4-7,9-10,12,18-23H,2,8,11H2,1,3H3;2*1-2H3/b14-10+,16-9+;;. The minimum atomic E-state index is -0.886. The van der Waals surface area contributed by atoms with Crippen molar-refractivity contribution in [2.45, 2.75) is 60.1 Å². The van der Waals surface area contributed by atoms with Crippen LogP contribution >= 0.6 is 0 Å². The summed E-state index contributed by atoms with van der Waals surface area (Å²) in [7, 11) is 0. The summed E-state index contributed by atoms with van der Waals surface area (Å²) in [6, 6.07) is 7.08. The fourth-order valence-electron chi connectivity index (χ4n) is 2.16. The molecule has 5 N–H and O–H groups in total. The van der Waals surface area contributed by atoms with Crippen molar-refractivity contribution in [1.29, 1.82) is 0 Å². The fraction of sp³-hybridized carbons (Fsp3) is 0.455. The van der Waals surface area contributed by atoms with Gasteiger partial charge in [0.2, 0.25) is 0 Å². The minimum absolute atomic E-state index is 0.0358. The van der Waals surface area contributed by atoms with Crippen molar-refractivity contribution in [1.82, 2.24) is 5.32 Å². The summed E-state index contributed by atoms with van der Waals surface area (Å²) in [5, 5.41) is 41.2. The molecule has 1 aromatic carbocycles. The van der Waals surface area contributed by atoms with Crippen LogP contribution in [-0.4, -0.2) is 39.1 Å². The molecule has 154 valence electrons. The molecule has 27 heavy (non-hydrogen) atoms. The Balaban J connectivity index is 0. The van der Waals surface area contributed by atoms with Crippen molar-refractivity contribution in [2.75, 3.05) is 6.54 Å². The third kappa shape index (κ3) is 13.6. The second-order valence-corrected chi connectivity index (χ2v) is 5.62. The molecule has 1 rings (SSSR count). The van der Waals surface area contributed by atoms with E-state index in [1.807, 2.05) is 46.8 Å². The molecule has 0 heterocycles. The molecule has 5 heteroatoms. The van der Waals surface area contributed by atoms with E-state index in [1.165, 1.54) is 19.1 Å². The van der Waals surface area contributed by atoms with E-state index in [0.29, 0.717) is 5.57 Å². The van der Waals surface area contributed by atoms with Crippen LogP contribution in [0.5, 0.6) is 5.75 Å². The number of hydrogen-bond donors (Lipinski definition) is 5. The van der Waals surface area contributed by atoms with Crippen LogP contribution in [-0.2, 0) is 6.42 Å². The lowest BCUT2D eigenvalue weighted by molar-refractivity contribution is 0.204. The quantitative estimate of drug-likeness (QED) is 0.331. The maximum Gasteiger partial charge on any atom is 0.115 e. The molecule has 2 unspecified atom stereocenters. The Morgan fingerprint density at radius 3 is 2.04 bits per heavy atom. The van der Waals surface area contributed by atoms with E-state index in [2.05, 4.69) is 11.9 Å². The topological polar surface area (TPSA) is 93.0 Å². The van der Waals surface area contributed by atoms with Gasteiger partial charge in [0, 0.05) is 12.6 Å². The predicted molar refractivity (Wildman–Crippen MR) is 114 cm³/mol. The van der Waals surface area contributed by atoms with Crippen molar-refractivity contribution < 1.29 is 20.4 Å². The van der Waals surface area contributed by atoms with Gasteiger partial charge in [0.15, 0.2) is 0 Å². The van der Waals surface area contributed by atoms with Gasteiger partial charge in [0.1, 0.15) is 11.5 Å². The largest absolute Gasteiger partial charge is 0.513 e. The highest BCUT2D eigenvalue weighted by Gasteiger charge is 2.12. The summed E-state index contributed by atoms with van der Waals surface area (Å²) < 4.78 is 0. The van der Waals surface area contributed by atoms with E-state index in [4.69, 9.17) is 0 Å². The summed E-state index contributed by atoms with van der Waals surface area (Å²) in [6.45, 7) is 15.1. The zero-order valence-electron chi connectivity index (χ0n) is 17.5. The Labute approximate surface area is 164 Å². The van der Waals surface area contributed by atoms with Gasteiger partial charge in [-0.1, -0.05) is 46.4 Å². The van der Waals surface area contributed by atoms with Crippen LogP contribution in [0.15, 0.2) is 60.1 Å². The molecular weight excluding hydrogens is 342 g/mol. The average molecular weight is 380 g/mol. The zero-order chi connectivity index (χ0) is 21.4. The Morgan fingerprint density at radius 1 is 1.07 bits per heavy atom. The smallest absolute Gasteiger partial charge is 0.115 e. The lowest BCUT2D eigenvalue weighted by atomic mass is 10.1. The fourth-order valence-corrected chi connectivity index (χ4v) is 2.16. The molecule has 0 radical (unpaired) electrons. The van der Waals surface area contributed by atoms with Gasteiger partial charge in [0.05, 0.1) is 11.9 Å². The molecule has 0 saturated heterocycles. The highest BCUT2D eigenvalue weighted by atomic mass is 16.3. The van der Waals surface area contributed by atoms with Crippen LogP contribution in [0.4, 0.5) is 0 Å². The molecule has 0 aromatic heterocycles. The number of aliphatic hydroxyl groups is 3. The first kappa shape index (κ1) is 27.0. The first-order valence-electron chi connectivity index (χ1n) is 9.44. The van der Waals surface area contributed by atoms with E-state index < -0.39 is 6.10 Å². The highest BCUT2D eigenvalue weighted by Crippen LogP contribution is 2.12. The summed E-state index contributed by atoms with van der Waals surface area (Å²) in [5.41, 5.74) is 1.45. The first-order valence-corrected chi connectivity index (χ1v) is 9.44. The van der Waals surface area contributed by atoms with Gasteiger partial charge >= 0.3 is 0 Å². The molecule has 0 aliphatic rings. The van der Waals surface area contributed by atoms with Crippen LogP contribution in [0.25, 0.3) is 0 Å². The molecule has 0 aliphatic carbocycles. The van der Waals surface area contributed by atoms with Gasteiger partial charge in [-0.05, 0) is 55.7 Å². The number of phenolic OH excluding ortho intramolecular Hbond substituents is 1. The van der Waals surface area contributed by atoms with Crippen LogP contribution in [0.1, 0.15) is 47.1 Å². The van der Waals surface area contributed by atoms with E-state index in [0.717, 1.165) is 12.0 Å². The van der Waals surface area contributed by atoms with Gasteiger partial charge in [-0.3, -0.25) is 0 Å². The van der Waals surface area contributed by atoms with Crippen LogP contribution in [0.2, 0.25) is 0 Å². The highest BCUT2D eigenvalue weighted by molar-refractivity contribution is 5.30. The monoisotopic (exact) mass is 379 g/mol. The molecule has 0 bridgehead atoms. The number of aliphatic hydroxyl groups excluding tert-OH is 3. The molecule has 0 aliphatic heterocycles. The molecule has 2 atom stereocenters. The molecule has 0 fully saturated rings. The molecule has 0 saturated carbocycles. The van der Waals surface area contributed by atoms with Crippen molar-refractivity contribution in [3.8, 4) is 5.75 Å². The van der Waals surface area contributed by atoms with E-state index in [-0.39, 0.29) is 29.9 Å². The van der Waals surface area contributed by atoms with Crippen molar-refractivity contribution >= 4 is 0 Å². The SMILES string of the molecule is C=C(O)/C=C(\C=C(/C)O)C(O)CNC(C)Cc1ccc(O)cc1.CC.CC. The van der Waals surface area contributed by atoms with Gasteiger partial charge in [-0.15, -0.1) is 0 Å². The van der Waals surface area contributed by atoms with Gasteiger partial charge in [-0.25, -0.2) is 0 Å². The number of nitrogens with one attached hydrogen (secondary N) is 1. The number of phenols is 1. The van der Waals surface area contributed by atoms with Crippen LogP contribution in [0.3, 0.4) is 0 Å². The number of rotatable bonds is 8. The Morgan fingerprint density at radius 2 is 1.59 bits per heavy atom. The molecule has 0 spiro atoms. The Hall–Kier alpha value is -2.24. The minimum Gasteiger partial charge on any atom is -0.513 e. The Kier molecular flexibility index (Phi) is 16.0. The second-order valence-electron chi connectivity index (χ2n) is 5.62. The van der Waals surface area contributed by atoms with Gasteiger partial charge in [-0.2, -0.15) is 0 Å². The van der Waals surface area contributed by atoms with Crippen LogP contribution < -0.4 is 5.32 Å². The molecule has 5 nitrogen and oxygen atoms in total. The van der Waals surface area contributed by atoms with E-state index >= 15 is 0 Å². The number of aromatic hydroxyl groups is 1. The first-order chi connectivity index (χ1) is 12.8. The maximum absolute atomic E-state index is 10.2. The van der Waals surface area contributed by atoms with E-state index in [1.54, 1.807) is 12.1 Å².